The Morgan fingerprint density at radius 2 is 1.75 bits per heavy atom. The number of rotatable bonds is 5. The summed E-state index contributed by atoms with van der Waals surface area (Å²) in [5, 5.41) is 13.6. The minimum Gasteiger partial charge on any atom is -0.388 e. The second-order valence-electron chi connectivity index (χ2n) is 6.83. The lowest BCUT2D eigenvalue weighted by atomic mass is 9.94. The normalized spacial score (nSPS) is 17.2. The number of hydrogen-bond donors (Lipinski definition) is 2. The van der Waals surface area contributed by atoms with Crippen LogP contribution in [-0.2, 0) is 6.54 Å². The van der Waals surface area contributed by atoms with E-state index >= 15 is 0 Å². The van der Waals surface area contributed by atoms with Gasteiger partial charge in [0, 0.05) is 19.3 Å². The Hall–Kier alpha value is -2.07. The van der Waals surface area contributed by atoms with Gasteiger partial charge in [-0.25, -0.2) is 0 Å². The Labute approximate surface area is 143 Å². The van der Waals surface area contributed by atoms with Gasteiger partial charge in [0.2, 0.25) is 0 Å². The van der Waals surface area contributed by atoms with E-state index in [0.717, 1.165) is 31.2 Å². The molecule has 1 aliphatic carbocycles. The van der Waals surface area contributed by atoms with Gasteiger partial charge in [0.1, 0.15) is 5.69 Å². The van der Waals surface area contributed by atoms with Crippen molar-refractivity contribution in [2.75, 3.05) is 6.54 Å². The SMILES string of the molecule is O=C(NCC1(O)CCCCCC1)c1cccn1Cc1ccccc1. The predicted octanol–water partition coefficient (Wildman–Crippen LogP) is 3.35. The highest BCUT2D eigenvalue weighted by Gasteiger charge is 2.28. The molecule has 1 aromatic carbocycles. The van der Waals surface area contributed by atoms with E-state index in [4.69, 9.17) is 0 Å². The molecule has 1 aliphatic rings. The summed E-state index contributed by atoms with van der Waals surface area (Å²) < 4.78 is 1.95. The lowest BCUT2D eigenvalue weighted by Gasteiger charge is -2.26. The summed E-state index contributed by atoms with van der Waals surface area (Å²) >= 11 is 0. The first-order chi connectivity index (χ1) is 11.7. The van der Waals surface area contributed by atoms with Crippen molar-refractivity contribution in [2.24, 2.45) is 0 Å². The second kappa shape index (κ2) is 7.67. The minimum atomic E-state index is -0.747. The molecule has 1 fully saturated rings. The summed E-state index contributed by atoms with van der Waals surface area (Å²) in [4.78, 5) is 12.5. The quantitative estimate of drug-likeness (QED) is 0.828. The molecule has 0 unspecified atom stereocenters. The molecular formula is C20H26N2O2. The molecule has 4 heteroatoms. The van der Waals surface area contributed by atoms with Crippen LogP contribution in [0.4, 0.5) is 0 Å². The molecule has 1 amide bonds. The van der Waals surface area contributed by atoms with Gasteiger partial charge in [0.25, 0.3) is 5.91 Å². The zero-order chi connectivity index (χ0) is 16.8. The zero-order valence-electron chi connectivity index (χ0n) is 14.1. The molecule has 0 bridgehead atoms. The molecule has 2 aromatic rings. The van der Waals surface area contributed by atoms with E-state index in [1.54, 1.807) is 0 Å². The maximum absolute atomic E-state index is 12.5. The lowest BCUT2D eigenvalue weighted by Crippen LogP contribution is -2.43. The van der Waals surface area contributed by atoms with Crippen LogP contribution in [0.15, 0.2) is 48.7 Å². The van der Waals surface area contributed by atoms with E-state index in [-0.39, 0.29) is 5.91 Å². The topological polar surface area (TPSA) is 54.3 Å². The summed E-state index contributed by atoms with van der Waals surface area (Å²) in [5.41, 5.74) is 1.05. The average molecular weight is 326 g/mol. The van der Waals surface area contributed by atoms with Crippen LogP contribution < -0.4 is 5.32 Å². The van der Waals surface area contributed by atoms with Gasteiger partial charge >= 0.3 is 0 Å². The van der Waals surface area contributed by atoms with Gasteiger partial charge in [-0.05, 0) is 30.5 Å². The molecule has 0 spiro atoms. The first-order valence-corrected chi connectivity index (χ1v) is 8.86. The van der Waals surface area contributed by atoms with Gasteiger partial charge in [-0.15, -0.1) is 0 Å². The number of amides is 1. The molecular weight excluding hydrogens is 300 g/mol. The molecule has 0 aliphatic heterocycles. The fourth-order valence-corrected chi connectivity index (χ4v) is 3.44. The summed E-state index contributed by atoms with van der Waals surface area (Å²) in [6.07, 6.45) is 7.90. The van der Waals surface area contributed by atoms with Crippen molar-refractivity contribution in [1.82, 2.24) is 9.88 Å². The predicted molar refractivity (Wildman–Crippen MR) is 95.0 cm³/mol. The summed E-state index contributed by atoms with van der Waals surface area (Å²) in [5.74, 6) is -0.117. The maximum Gasteiger partial charge on any atom is 0.268 e. The molecule has 24 heavy (non-hydrogen) atoms. The third kappa shape index (κ3) is 4.26. The number of benzene rings is 1. The Kier molecular flexibility index (Phi) is 5.36. The first-order valence-electron chi connectivity index (χ1n) is 8.86. The third-order valence-corrected chi connectivity index (χ3v) is 4.87. The lowest BCUT2D eigenvalue weighted by molar-refractivity contribution is 0.0245. The molecule has 128 valence electrons. The number of aliphatic hydroxyl groups is 1. The Morgan fingerprint density at radius 1 is 1.04 bits per heavy atom. The van der Waals surface area contributed by atoms with E-state index in [9.17, 15) is 9.90 Å². The van der Waals surface area contributed by atoms with Crippen molar-refractivity contribution >= 4 is 5.91 Å². The van der Waals surface area contributed by atoms with Crippen LogP contribution in [0.25, 0.3) is 0 Å². The zero-order valence-corrected chi connectivity index (χ0v) is 14.1. The van der Waals surface area contributed by atoms with Crippen molar-refractivity contribution < 1.29 is 9.90 Å². The molecule has 0 radical (unpaired) electrons. The smallest absolute Gasteiger partial charge is 0.268 e. The van der Waals surface area contributed by atoms with Crippen LogP contribution in [-0.4, -0.2) is 27.7 Å². The van der Waals surface area contributed by atoms with Gasteiger partial charge in [0.05, 0.1) is 5.60 Å². The van der Waals surface area contributed by atoms with Crippen LogP contribution in [0, 0.1) is 0 Å². The van der Waals surface area contributed by atoms with Gasteiger partial charge in [0.15, 0.2) is 0 Å². The molecule has 1 saturated carbocycles. The minimum absolute atomic E-state index is 0.117. The summed E-state index contributed by atoms with van der Waals surface area (Å²) in [7, 11) is 0. The van der Waals surface area contributed by atoms with Crippen LogP contribution in [0.1, 0.15) is 54.6 Å². The van der Waals surface area contributed by atoms with Crippen LogP contribution in [0.5, 0.6) is 0 Å². The fourth-order valence-electron chi connectivity index (χ4n) is 3.44. The van der Waals surface area contributed by atoms with Gasteiger partial charge in [-0.2, -0.15) is 0 Å². The van der Waals surface area contributed by atoms with Gasteiger partial charge < -0.3 is 15.0 Å². The fraction of sp³-hybridized carbons (Fsp3) is 0.450. The number of carbonyl (C=O) groups is 1. The molecule has 1 heterocycles. The number of hydrogen-bond acceptors (Lipinski definition) is 2. The molecule has 0 saturated heterocycles. The van der Waals surface area contributed by atoms with Crippen molar-refractivity contribution in [1.29, 1.82) is 0 Å². The van der Waals surface area contributed by atoms with E-state index in [1.165, 1.54) is 12.8 Å². The molecule has 0 atom stereocenters. The molecule has 1 aromatic heterocycles. The van der Waals surface area contributed by atoms with E-state index in [1.807, 2.05) is 41.1 Å². The average Bonchev–Trinajstić information content (AvgIpc) is 2.94. The largest absolute Gasteiger partial charge is 0.388 e. The van der Waals surface area contributed by atoms with Crippen molar-refractivity contribution in [3.05, 3.63) is 59.9 Å². The number of nitrogens with zero attached hydrogens (tertiary/aromatic N) is 1. The van der Waals surface area contributed by atoms with E-state index in [2.05, 4.69) is 17.4 Å². The first kappa shape index (κ1) is 16.8. The molecule has 3 rings (SSSR count). The number of carbonyl (C=O) groups excluding carboxylic acids is 1. The molecule has 4 nitrogen and oxygen atoms in total. The highest BCUT2D eigenvalue weighted by Crippen LogP contribution is 2.26. The van der Waals surface area contributed by atoms with Gasteiger partial charge in [-0.3, -0.25) is 4.79 Å². The maximum atomic E-state index is 12.5. The highest BCUT2D eigenvalue weighted by molar-refractivity contribution is 5.92. The highest BCUT2D eigenvalue weighted by atomic mass is 16.3. The van der Waals surface area contributed by atoms with Gasteiger partial charge in [-0.1, -0.05) is 56.0 Å². The Bertz CT molecular complexity index is 655. The molecule has 2 N–H and O–H groups in total. The van der Waals surface area contributed by atoms with Crippen LogP contribution in [0.3, 0.4) is 0 Å². The second-order valence-corrected chi connectivity index (χ2v) is 6.83. The van der Waals surface area contributed by atoms with Crippen molar-refractivity contribution in [3.8, 4) is 0 Å². The summed E-state index contributed by atoms with van der Waals surface area (Å²) in [6, 6.07) is 13.8. The Morgan fingerprint density at radius 3 is 2.46 bits per heavy atom. The van der Waals surface area contributed by atoms with Crippen molar-refractivity contribution in [3.63, 3.8) is 0 Å². The monoisotopic (exact) mass is 326 g/mol. The van der Waals surface area contributed by atoms with Crippen LogP contribution in [0.2, 0.25) is 0 Å². The van der Waals surface area contributed by atoms with E-state index < -0.39 is 5.60 Å². The van der Waals surface area contributed by atoms with E-state index in [0.29, 0.717) is 18.8 Å². The standard InChI is InChI=1S/C20H26N2O2/c23-19(21-16-20(24)12-6-1-2-7-13-20)18-11-8-14-22(18)15-17-9-4-3-5-10-17/h3-5,8-11,14,24H,1-2,6-7,12-13,15-16H2,(H,21,23). The summed E-state index contributed by atoms with van der Waals surface area (Å²) in [6.45, 7) is 1.00. The third-order valence-electron chi connectivity index (χ3n) is 4.87. The van der Waals surface area contributed by atoms with Crippen molar-refractivity contribution in [2.45, 2.75) is 50.7 Å². The number of aromatic nitrogens is 1. The number of nitrogens with one attached hydrogen (secondary N) is 1. The Balaban J connectivity index is 1.62. The van der Waals surface area contributed by atoms with Crippen LogP contribution >= 0.6 is 0 Å².